The quantitative estimate of drug-likeness (QED) is 0.747. The zero-order chi connectivity index (χ0) is 14.6. The minimum Gasteiger partial charge on any atom is -0.358 e. The van der Waals surface area contributed by atoms with Crippen LogP contribution in [0.3, 0.4) is 0 Å². The van der Waals surface area contributed by atoms with Crippen molar-refractivity contribution in [3.05, 3.63) is 38.4 Å². The number of anilines is 1. The van der Waals surface area contributed by atoms with Gasteiger partial charge in [0, 0.05) is 15.1 Å². The molecule has 0 heterocycles. The van der Waals surface area contributed by atoms with E-state index >= 15 is 0 Å². The molecule has 0 aliphatic rings. The van der Waals surface area contributed by atoms with Gasteiger partial charge in [-0.05, 0) is 44.0 Å². The molecule has 1 aromatic rings. The third kappa shape index (κ3) is 3.98. The van der Waals surface area contributed by atoms with Crippen LogP contribution >= 0.6 is 31.9 Å². The Kier molecular flexibility index (Phi) is 4.98. The van der Waals surface area contributed by atoms with E-state index < -0.39 is 11.7 Å². The van der Waals surface area contributed by atoms with Crippen molar-refractivity contribution in [3.63, 3.8) is 0 Å². The first-order chi connectivity index (χ1) is 8.79. The van der Waals surface area contributed by atoms with Crippen LogP contribution in [-0.2, 0) is 6.18 Å². The van der Waals surface area contributed by atoms with Crippen molar-refractivity contribution >= 4 is 37.5 Å². The molecule has 0 aliphatic carbocycles. The summed E-state index contributed by atoms with van der Waals surface area (Å²) in [4.78, 5) is 0. The normalized spacial score (nSPS) is 10.3. The number of rotatable bonds is 2. The first-order valence-electron chi connectivity index (χ1n) is 4.62. The number of halogens is 5. The molecule has 0 saturated heterocycles. The standard InChI is InChI=1S/C11H4Br2F3N3/c12-8-1-7(11(14,15)16)2-9(13)10(8)19-5-6(3-17)4-18/h1-2,5,19H. The van der Waals surface area contributed by atoms with Crippen molar-refractivity contribution < 1.29 is 13.2 Å². The number of alkyl halides is 3. The highest BCUT2D eigenvalue weighted by Gasteiger charge is 2.31. The summed E-state index contributed by atoms with van der Waals surface area (Å²) in [5.74, 6) is 0. The summed E-state index contributed by atoms with van der Waals surface area (Å²) in [6, 6.07) is 5.05. The van der Waals surface area contributed by atoms with Gasteiger partial charge in [0.25, 0.3) is 0 Å². The summed E-state index contributed by atoms with van der Waals surface area (Å²) in [5, 5.41) is 19.7. The summed E-state index contributed by atoms with van der Waals surface area (Å²) >= 11 is 5.99. The average Bonchev–Trinajstić information content (AvgIpc) is 2.31. The number of nitriles is 2. The Morgan fingerprint density at radius 2 is 1.63 bits per heavy atom. The van der Waals surface area contributed by atoms with E-state index in [9.17, 15) is 13.2 Å². The van der Waals surface area contributed by atoms with Crippen LogP contribution in [0.2, 0.25) is 0 Å². The number of hydrogen-bond donors (Lipinski definition) is 1. The van der Waals surface area contributed by atoms with Crippen molar-refractivity contribution in [1.82, 2.24) is 0 Å². The molecular formula is C11H4Br2F3N3. The summed E-state index contributed by atoms with van der Waals surface area (Å²) in [6.07, 6.45) is -3.35. The summed E-state index contributed by atoms with van der Waals surface area (Å²) in [6.45, 7) is 0. The maximum atomic E-state index is 12.5. The fourth-order valence-electron chi connectivity index (χ4n) is 1.11. The number of nitrogens with one attached hydrogen (secondary N) is 1. The molecule has 0 bridgehead atoms. The van der Waals surface area contributed by atoms with E-state index in [1.54, 1.807) is 12.1 Å². The smallest absolute Gasteiger partial charge is 0.358 e. The molecule has 0 fully saturated rings. The van der Waals surface area contributed by atoms with Crippen LogP contribution in [0.25, 0.3) is 0 Å². The van der Waals surface area contributed by atoms with Gasteiger partial charge in [0.1, 0.15) is 17.7 Å². The fraction of sp³-hybridized carbons (Fsp3) is 0.0909. The van der Waals surface area contributed by atoms with Crippen molar-refractivity contribution in [2.45, 2.75) is 6.18 Å². The minimum absolute atomic E-state index is 0.153. The largest absolute Gasteiger partial charge is 0.416 e. The van der Waals surface area contributed by atoms with Crippen LogP contribution in [0, 0.1) is 22.7 Å². The van der Waals surface area contributed by atoms with E-state index in [-0.39, 0.29) is 20.2 Å². The van der Waals surface area contributed by atoms with Crippen LogP contribution < -0.4 is 5.32 Å². The molecule has 3 nitrogen and oxygen atoms in total. The minimum atomic E-state index is -4.45. The van der Waals surface area contributed by atoms with Gasteiger partial charge in [-0.15, -0.1) is 0 Å². The molecular weight excluding hydrogens is 391 g/mol. The first kappa shape index (κ1) is 15.5. The zero-order valence-electron chi connectivity index (χ0n) is 9.02. The predicted octanol–water partition coefficient (Wildman–Crippen LogP) is 4.57. The molecule has 0 aromatic heterocycles. The van der Waals surface area contributed by atoms with Gasteiger partial charge in [-0.25, -0.2) is 0 Å². The second kappa shape index (κ2) is 6.09. The molecule has 98 valence electrons. The Balaban J connectivity index is 3.17. The summed E-state index contributed by atoms with van der Waals surface area (Å²) in [7, 11) is 0. The molecule has 0 saturated carbocycles. The monoisotopic (exact) mass is 393 g/mol. The van der Waals surface area contributed by atoms with E-state index in [4.69, 9.17) is 10.5 Å². The highest BCUT2D eigenvalue weighted by Crippen LogP contribution is 2.38. The molecule has 1 rings (SSSR count). The molecule has 0 atom stereocenters. The van der Waals surface area contributed by atoms with Crippen LogP contribution in [0.4, 0.5) is 18.9 Å². The number of benzene rings is 1. The molecule has 0 spiro atoms. The van der Waals surface area contributed by atoms with Crippen molar-refractivity contribution in [2.75, 3.05) is 5.32 Å². The number of hydrogen-bond acceptors (Lipinski definition) is 3. The van der Waals surface area contributed by atoms with Gasteiger partial charge in [0.2, 0.25) is 0 Å². The molecule has 0 unspecified atom stereocenters. The zero-order valence-corrected chi connectivity index (χ0v) is 12.2. The topological polar surface area (TPSA) is 59.6 Å². The van der Waals surface area contributed by atoms with Gasteiger partial charge in [-0.3, -0.25) is 0 Å². The summed E-state index contributed by atoms with van der Waals surface area (Å²) in [5.41, 5.74) is -0.726. The SMILES string of the molecule is N#CC(C#N)=CNc1c(Br)cc(C(F)(F)F)cc1Br. The third-order valence-electron chi connectivity index (χ3n) is 1.97. The van der Waals surface area contributed by atoms with E-state index in [2.05, 4.69) is 37.2 Å². The second-order valence-electron chi connectivity index (χ2n) is 3.24. The van der Waals surface area contributed by atoms with Crippen LogP contribution in [0.15, 0.2) is 32.9 Å². The molecule has 0 radical (unpaired) electrons. The molecule has 0 aliphatic heterocycles. The highest BCUT2D eigenvalue weighted by molar-refractivity contribution is 9.11. The molecule has 0 amide bonds. The lowest BCUT2D eigenvalue weighted by atomic mass is 10.2. The van der Waals surface area contributed by atoms with Crippen LogP contribution in [0.1, 0.15) is 5.56 Å². The van der Waals surface area contributed by atoms with Crippen LogP contribution in [0.5, 0.6) is 0 Å². The lowest BCUT2D eigenvalue weighted by molar-refractivity contribution is -0.137. The van der Waals surface area contributed by atoms with Gasteiger partial charge >= 0.3 is 6.18 Å². The molecule has 1 N–H and O–H groups in total. The van der Waals surface area contributed by atoms with E-state index in [1.807, 2.05) is 0 Å². The third-order valence-corrected chi connectivity index (χ3v) is 3.22. The van der Waals surface area contributed by atoms with Crippen molar-refractivity contribution in [1.29, 1.82) is 10.5 Å². The number of allylic oxidation sites excluding steroid dienone is 1. The molecule has 8 heteroatoms. The maximum absolute atomic E-state index is 12.5. The van der Waals surface area contributed by atoms with Gasteiger partial charge in [-0.2, -0.15) is 23.7 Å². The van der Waals surface area contributed by atoms with Gasteiger partial charge in [0.05, 0.1) is 11.3 Å². The summed E-state index contributed by atoms with van der Waals surface area (Å²) < 4.78 is 37.9. The Hall–Kier alpha value is -1.51. The van der Waals surface area contributed by atoms with Crippen molar-refractivity contribution in [2.24, 2.45) is 0 Å². The molecule has 1 aromatic carbocycles. The van der Waals surface area contributed by atoms with Crippen LogP contribution in [-0.4, -0.2) is 0 Å². The highest BCUT2D eigenvalue weighted by atomic mass is 79.9. The Morgan fingerprint density at radius 3 is 2.00 bits per heavy atom. The number of nitrogens with zero attached hydrogens (tertiary/aromatic N) is 2. The fourth-order valence-corrected chi connectivity index (χ4v) is 2.52. The van der Waals surface area contributed by atoms with Gasteiger partial charge in [0.15, 0.2) is 0 Å². The molecule has 19 heavy (non-hydrogen) atoms. The van der Waals surface area contributed by atoms with Gasteiger partial charge in [-0.1, -0.05) is 0 Å². The lowest BCUT2D eigenvalue weighted by Gasteiger charge is -2.12. The van der Waals surface area contributed by atoms with E-state index in [1.165, 1.54) is 0 Å². The first-order valence-corrected chi connectivity index (χ1v) is 6.21. The van der Waals surface area contributed by atoms with Crippen molar-refractivity contribution in [3.8, 4) is 12.1 Å². The predicted molar refractivity (Wildman–Crippen MR) is 69.8 cm³/mol. The maximum Gasteiger partial charge on any atom is 0.416 e. The van der Waals surface area contributed by atoms with E-state index in [0.29, 0.717) is 0 Å². The average molecular weight is 395 g/mol. The van der Waals surface area contributed by atoms with E-state index in [0.717, 1.165) is 18.3 Å². The lowest BCUT2D eigenvalue weighted by Crippen LogP contribution is -2.05. The Morgan fingerprint density at radius 1 is 1.16 bits per heavy atom. The Bertz CT molecular complexity index is 570. The van der Waals surface area contributed by atoms with Gasteiger partial charge < -0.3 is 5.32 Å². The Labute approximate surface area is 123 Å². The second-order valence-corrected chi connectivity index (χ2v) is 4.95.